The maximum absolute atomic E-state index is 12.8. The second-order valence-electron chi connectivity index (χ2n) is 8.03. The number of hydrogen-bond donors (Lipinski definition) is 0. The summed E-state index contributed by atoms with van der Waals surface area (Å²) >= 11 is 0. The molecule has 0 aliphatic carbocycles. The Labute approximate surface area is 184 Å². The third-order valence-corrected chi connectivity index (χ3v) is 6.12. The van der Waals surface area contributed by atoms with Crippen LogP contribution in [0.15, 0.2) is 54.7 Å². The van der Waals surface area contributed by atoms with Crippen LogP contribution in [0.1, 0.15) is 11.1 Å². The standard InChI is InChI=1S/C24H22F2N4O2/c25-24(26)32-18-6-7-20-19(10-18)23(17(11-27)12-28-20)30-14-21-22(15-30)31-9-8-29(21)13-16-4-2-1-3-5-16/h1-7,10,12,21-22,24H,8-9,13-15H2. The number of benzene rings is 2. The van der Waals surface area contributed by atoms with Crippen LogP contribution in [-0.2, 0) is 11.3 Å². The van der Waals surface area contributed by atoms with E-state index in [0.29, 0.717) is 41.9 Å². The number of ether oxygens (including phenoxy) is 2. The highest BCUT2D eigenvalue weighted by Gasteiger charge is 2.41. The highest BCUT2D eigenvalue weighted by atomic mass is 19.3. The third-order valence-electron chi connectivity index (χ3n) is 6.12. The van der Waals surface area contributed by atoms with Gasteiger partial charge >= 0.3 is 6.61 Å². The summed E-state index contributed by atoms with van der Waals surface area (Å²) in [4.78, 5) is 8.87. The van der Waals surface area contributed by atoms with E-state index in [2.05, 4.69) is 37.7 Å². The summed E-state index contributed by atoms with van der Waals surface area (Å²) in [6.07, 6.45) is 1.54. The molecular weight excluding hydrogens is 414 g/mol. The fraction of sp³-hybridized carbons (Fsp3) is 0.333. The van der Waals surface area contributed by atoms with Gasteiger partial charge in [0.15, 0.2) is 0 Å². The number of alkyl halides is 2. The van der Waals surface area contributed by atoms with E-state index in [1.807, 2.05) is 18.2 Å². The van der Waals surface area contributed by atoms with E-state index in [-0.39, 0.29) is 17.9 Å². The van der Waals surface area contributed by atoms with Crippen LogP contribution in [0.2, 0.25) is 0 Å². The number of nitrogens with zero attached hydrogens (tertiary/aromatic N) is 4. The van der Waals surface area contributed by atoms with Crippen molar-refractivity contribution in [3.8, 4) is 11.8 Å². The van der Waals surface area contributed by atoms with Crippen molar-refractivity contribution in [1.29, 1.82) is 5.26 Å². The lowest BCUT2D eigenvalue weighted by Crippen LogP contribution is -2.50. The molecule has 0 bridgehead atoms. The number of rotatable bonds is 5. The molecule has 0 spiro atoms. The molecule has 3 aromatic rings. The number of anilines is 1. The Balaban J connectivity index is 1.48. The van der Waals surface area contributed by atoms with Crippen molar-refractivity contribution in [3.63, 3.8) is 0 Å². The fourth-order valence-electron chi connectivity index (χ4n) is 4.71. The van der Waals surface area contributed by atoms with Crippen molar-refractivity contribution in [1.82, 2.24) is 9.88 Å². The number of fused-ring (bicyclic) bond motifs is 2. The molecule has 2 aliphatic rings. The summed E-state index contributed by atoms with van der Waals surface area (Å²) in [5.41, 5.74) is 2.96. The molecular formula is C24H22F2N4O2. The Morgan fingerprint density at radius 1 is 1.19 bits per heavy atom. The van der Waals surface area contributed by atoms with Crippen LogP contribution < -0.4 is 9.64 Å². The van der Waals surface area contributed by atoms with E-state index in [1.165, 1.54) is 23.9 Å². The van der Waals surface area contributed by atoms with Gasteiger partial charge in [0, 0.05) is 37.8 Å². The third kappa shape index (κ3) is 3.97. The summed E-state index contributed by atoms with van der Waals surface area (Å²) in [6.45, 7) is 0.676. The smallest absolute Gasteiger partial charge is 0.387 e. The molecule has 0 saturated carbocycles. The molecule has 3 heterocycles. The van der Waals surface area contributed by atoms with Crippen LogP contribution in [0.4, 0.5) is 14.5 Å². The SMILES string of the molecule is N#Cc1cnc2ccc(OC(F)F)cc2c1N1CC2OCCN(Cc3ccccc3)C2C1. The van der Waals surface area contributed by atoms with Gasteiger partial charge in [0.2, 0.25) is 0 Å². The topological polar surface area (TPSA) is 61.6 Å². The quantitative estimate of drug-likeness (QED) is 0.607. The van der Waals surface area contributed by atoms with E-state index in [9.17, 15) is 14.0 Å². The molecule has 0 amide bonds. The lowest BCUT2D eigenvalue weighted by molar-refractivity contribution is -0.0500. The molecule has 6 nitrogen and oxygen atoms in total. The first-order chi connectivity index (χ1) is 15.6. The highest BCUT2D eigenvalue weighted by molar-refractivity contribution is 5.95. The summed E-state index contributed by atoms with van der Waals surface area (Å²) in [5.74, 6) is 0.0456. The molecule has 0 radical (unpaired) electrons. The maximum atomic E-state index is 12.8. The predicted molar refractivity (Wildman–Crippen MR) is 116 cm³/mol. The molecule has 2 saturated heterocycles. The zero-order chi connectivity index (χ0) is 22.1. The predicted octanol–water partition coefficient (Wildman–Crippen LogP) is 3.80. The van der Waals surface area contributed by atoms with Gasteiger partial charge in [-0.25, -0.2) is 0 Å². The minimum Gasteiger partial charge on any atom is -0.435 e. The van der Waals surface area contributed by atoms with Crippen molar-refractivity contribution >= 4 is 16.6 Å². The number of aromatic nitrogens is 1. The number of pyridine rings is 1. The largest absolute Gasteiger partial charge is 0.435 e. The van der Waals surface area contributed by atoms with Gasteiger partial charge in [-0.1, -0.05) is 30.3 Å². The summed E-state index contributed by atoms with van der Waals surface area (Å²) in [7, 11) is 0. The molecule has 2 atom stereocenters. The van der Waals surface area contributed by atoms with Crippen molar-refractivity contribution in [3.05, 3.63) is 65.9 Å². The van der Waals surface area contributed by atoms with Crippen LogP contribution in [0.25, 0.3) is 10.9 Å². The molecule has 8 heteroatoms. The van der Waals surface area contributed by atoms with Gasteiger partial charge < -0.3 is 14.4 Å². The van der Waals surface area contributed by atoms with Gasteiger partial charge in [0.1, 0.15) is 11.8 Å². The lowest BCUT2D eigenvalue weighted by Gasteiger charge is -2.36. The Bertz CT molecular complexity index is 1150. The maximum Gasteiger partial charge on any atom is 0.387 e. The number of hydrogen-bond acceptors (Lipinski definition) is 6. The highest BCUT2D eigenvalue weighted by Crippen LogP contribution is 2.36. The minimum absolute atomic E-state index is 0.00252. The van der Waals surface area contributed by atoms with Gasteiger partial charge in [0.05, 0.1) is 35.5 Å². The van der Waals surface area contributed by atoms with E-state index < -0.39 is 6.61 Å². The van der Waals surface area contributed by atoms with Gasteiger partial charge in [-0.05, 0) is 23.8 Å². The molecule has 0 N–H and O–H groups in total. The molecule has 2 fully saturated rings. The summed E-state index contributed by atoms with van der Waals surface area (Å²) in [6, 6.07) is 17.3. The zero-order valence-electron chi connectivity index (χ0n) is 17.3. The van der Waals surface area contributed by atoms with E-state index in [4.69, 9.17) is 4.74 Å². The Morgan fingerprint density at radius 3 is 2.81 bits per heavy atom. The fourth-order valence-corrected chi connectivity index (χ4v) is 4.71. The number of halogens is 2. The van der Waals surface area contributed by atoms with Crippen molar-refractivity contribution in [2.24, 2.45) is 0 Å². The van der Waals surface area contributed by atoms with Crippen LogP contribution in [-0.4, -0.2) is 54.9 Å². The van der Waals surface area contributed by atoms with Gasteiger partial charge in [-0.3, -0.25) is 9.88 Å². The van der Waals surface area contributed by atoms with Crippen LogP contribution in [0.5, 0.6) is 5.75 Å². The normalized spacial score (nSPS) is 21.0. The molecule has 2 unspecified atom stereocenters. The minimum atomic E-state index is -2.92. The van der Waals surface area contributed by atoms with Gasteiger partial charge in [-0.2, -0.15) is 14.0 Å². The number of morpholine rings is 1. The second-order valence-corrected chi connectivity index (χ2v) is 8.03. The van der Waals surface area contributed by atoms with E-state index in [1.54, 1.807) is 6.07 Å². The van der Waals surface area contributed by atoms with Crippen LogP contribution >= 0.6 is 0 Å². The van der Waals surface area contributed by atoms with Gasteiger partial charge in [-0.15, -0.1) is 0 Å². The lowest BCUT2D eigenvalue weighted by atomic mass is 10.1. The second kappa shape index (κ2) is 8.69. The van der Waals surface area contributed by atoms with Crippen molar-refractivity contribution in [2.75, 3.05) is 31.1 Å². The molecule has 164 valence electrons. The summed E-state index contributed by atoms with van der Waals surface area (Å²) in [5, 5.41) is 10.4. The molecule has 32 heavy (non-hydrogen) atoms. The molecule has 2 aromatic carbocycles. The average molecular weight is 436 g/mol. The first-order valence-electron chi connectivity index (χ1n) is 10.5. The number of nitriles is 1. The van der Waals surface area contributed by atoms with Gasteiger partial charge in [0.25, 0.3) is 0 Å². The average Bonchev–Trinajstić information content (AvgIpc) is 3.23. The first kappa shape index (κ1) is 20.6. The van der Waals surface area contributed by atoms with E-state index >= 15 is 0 Å². The van der Waals surface area contributed by atoms with Crippen molar-refractivity contribution < 1.29 is 18.3 Å². The van der Waals surface area contributed by atoms with Crippen LogP contribution in [0, 0.1) is 11.3 Å². The van der Waals surface area contributed by atoms with Crippen LogP contribution in [0.3, 0.4) is 0 Å². The Kier molecular flexibility index (Phi) is 5.60. The Hall–Kier alpha value is -3.28. The van der Waals surface area contributed by atoms with E-state index in [0.717, 1.165) is 13.1 Å². The molecule has 1 aromatic heterocycles. The molecule has 5 rings (SSSR count). The molecule has 2 aliphatic heterocycles. The first-order valence-corrected chi connectivity index (χ1v) is 10.5. The zero-order valence-corrected chi connectivity index (χ0v) is 17.3. The van der Waals surface area contributed by atoms with Crippen molar-refractivity contribution in [2.45, 2.75) is 25.3 Å². The summed E-state index contributed by atoms with van der Waals surface area (Å²) < 4.78 is 36.2. The monoisotopic (exact) mass is 436 g/mol. The Morgan fingerprint density at radius 2 is 2.03 bits per heavy atom.